The lowest BCUT2D eigenvalue weighted by atomic mass is 10.2. The largest absolute Gasteiger partial charge is 0.399 e. The second-order valence-electron chi connectivity index (χ2n) is 3.96. The maximum absolute atomic E-state index is 12.1. The normalized spacial score (nSPS) is 10.2. The maximum Gasteiger partial charge on any atom is 0.255 e. The molecule has 98 valence electrons. The number of hydrogen-bond donors (Lipinski definition) is 2. The molecule has 0 unspecified atom stereocenters. The number of halogens is 1. The predicted molar refractivity (Wildman–Crippen MR) is 84.7 cm³/mol. The van der Waals surface area contributed by atoms with E-state index in [9.17, 15) is 4.79 Å². The number of carbonyl (C=O) groups is 1. The molecule has 0 aliphatic rings. The van der Waals surface area contributed by atoms with Crippen LogP contribution in [-0.2, 0) is 0 Å². The maximum atomic E-state index is 12.1. The zero-order valence-electron chi connectivity index (χ0n) is 10.3. The molecule has 5 heteroatoms. The van der Waals surface area contributed by atoms with E-state index in [1.807, 2.05) is 30.5 Å². The molecule has 0 heterocycles. The number of amides is 1. The Hall–Kier alpha value is -1.46. The molecule has 1 amide bonds. The number of thioether (sulfide) groups is 1. The second kappa shape index (κ2) is 6.12. The van der Waals surface area contributed by atoms with Crippen molar-refractivity contribution in [2.24, 2.45) is 0 Å². The molecule has 0 radical (unpaired) electrons. The van der Waals surface area contributed by atoms with Crippen molar-refractivity contribution in [1.29, 1.82) is 0 Å². The Morgan fingerprint density at radius 1 is 1.26 bits per heavy atom. The molecular formula is C14H13BrN2OS. The Morgan fingerprint density at radius 2 is 2.05 bits per heavy atom. The molecule has 2 rings (SSSR count). The van der Waals surface area contributed by atoms with Crippen LogP contribution in [0.4, 0.5) is 11.4 Å². The first-order valence-corrected chi connectivity index (χ1v) is 7.62. The monoisotopic (exact) mass is 336 g/mol. The van der Waals surface area contributed by atoms with Gasteiger partial charge in [0.2, 0.25) is 0 Å². The van der Waals surface area contributed by atoms with E-state index in [0.717, 1.165) is 15.1 Å². The molecule has 3 N–H and O–H groups in total. The Labute approximate surface area is 124 Å². The van der Waals surface area contributed by atoms with Gasteiger partial charge in [0, 0.05) is 26.3 Å². The van der Waals surface area contributed by atoms with Crippen molar-refractivity contribution in [2.75, 3.05) is 17.3 Å². The third kappa shape index (κ3) is 3.75. The van der Waals surface area contributed by atoms with E-state index < -0.39 is 0 Å². The molecule has 0 saturated heterocycles. The molecule has 0 spiro atoms. The highest BCUT2D eigenvalue weighted by Crippen LogP contribution is 2.21. The highest BCUT2D eigenvalue weighted by molar-refractivity contribution is 9.10. The smallest absolute Gasteiger partial charge is 0.255 e. The van der Waals surface area contributed by atoms with Crippen molar-refractivity contribution >= 4 is 45.0 Å². The third-order valence-electron chi connectivity index (χ3n) is 2.51. The number of hydrogen-bond acceptors (Lipinski definition) is 3. The Morgan fingerprint density at radius 3 is 2.74 bits per heavy atom. The van der Waals surface area contributed by atoms with Crippen LogP contribution in [0.1, 0.15) is 10.4 Å². The molecule has 2 aromatic rings. The van der Waals surface area contributed by atoms with E-state index >= 15 is 0 Å². The fraction of sp³-hybridized carbons (Fsp3) is 0.0714. The molecule has 0 fully saturated rings. The quantitative estimate of drug-likeness (QED) is 0.657. The van der Waals surface area contributed by atoms with E-state index in [0.29, 0.717) is 11.3 Å². The number of anilines is 2. The summed E-state index contributed by atoms with van der Waals surface area (Å²) in [6.45, 7) is 0. The van der Waals surface area contributed by atoms with Crippen molar-refractivity contribution < 1.29 is 4.79 Å². The molecule has 0 aliphatic heterocycles. The second-order valence-corrected chi connectivity index (χ2v) is 5.75. The first-order valence-electron chi connectivity index (χ1n) is 5.60. The summed E-state index contributed by atoms with van der Waals surface area (Å²) in [5, 5.41) is 2.86. The predicted octanol–water partition coefficient (Wildman–Crippen LogP) is 4.01. The van der Waals surface area contributed by atoms with Gasteiger partial charge >= 0.3 is 0 Å². The van der Waals surface area contributed by atoms with Crippen LogP contribution in [-0.4, -0.2) is 12.2 Å². The number of carbonyl (C=O) groups excluding carboxylic acids is 1. The standard InChI is InChI=1S/C14H13BrN2OS/c1-19-13-4-2-3-12(8-13)17-14(18)9-5-10(15)7-11(16)6-9/h2-8H,16H2,1H3,(H,17,18). The number of nitrogens with one attached hydrogen (secondary N) is 1. The van der Waals surface area contributed by atoms with Crippen molar-refractivity contribution in [3.63, 3.8) is 0 Å². The molecule has 19 heavy (non-hydrogen) atoms. The lowest BCUT2D eigenvalue weighted by Gasteiger charge is -2.07. The lowest BCUT2D eigenvalue weighted by molar-refractivity contribution is 0.102. The Kier molecular flexibility index (Phi) is 4.50. The highest BCUT2D eigenvalue weighted by atomic mass is 79.9. The number of nitrogens with two attached hydrogens (primary N) is 1. The van der Waals surface area contributed by atoms with Gasteiger partial charge in [-0.25, -0.2) is 0 Å². The van der Waals surface area contributed by atoms with Gasteiger partial charge in [0.15, 0.2) is 0 Å². The van der Waals surface area contributed by atoms with Crippen LogP contribution < -0.4 is 11.1 Å². The van der Waals surface area contributed by atoms with Gasteiger partial charge < -0.3 is 11.1 Å². The van der Waals surface area contributed by atoms with E-state index in [2.05, 4.69) is 21.2 Å². The molecule has 0 saturated carbocycles. The summed E-state index contributed by atoms with van der Waals surface area (Å²) < 4.78 is 0.788. The highest BCUT2D eigenvalue weighted by Gasteiger charge is 2.08. The molecular weight excluding hydrogens is 324 g/mol. The van der Waals surface area contributed by atoms with Crippen LogP contribution in [0.5, 0.6) is 0 Å². The van der Waals surface area contributed by atoms with E-state index in [1.54, 1.807) is 30.0 Å². The third-order valence-corrected chi connectivity index (χ3v) is 3.69. The van der Waals surface area contributed by atoms with Crippen molar-refractivity contribution in [3.05, 3.63) is 52.5 Å². The summed E-state index contributed by atoms with van der Waals surface area (Å²) in [5.74, 6) is -0.175. The van der Waals surface area contributed by atoms with Gasteiger partial charge in [-0.3, -0.25) is 4.79 Å². The van der Waals surface area contributed by atoms with E-state index in [4.69, 9.17) is 5.73 Å². The van der Waals surface area contributed by atoms with Crippen LogP contribution >= 0.6 is 27.7 Å². The first kappa shape index (κ1) is 14.0. The van der Waals surface area contributed by atoms with Gasteiger partial charge in [-0.1, -0.05) is 22.0 Å². The first-order chi connectivity index (χ1) is 9.08. The van der Waals surface area contributed by atoms with Gasteiger partial charge in [-0.15, -0.1) is 11.8 Å². The summed E-state index contributed by atoms with van der Waals surface area (Å²) >= 11 is 4.96. The fourth-order valence-corrected chi connectivity index (χ4v) is 2.62. The fourth-order valence-electron chi connectivity index (χ4n) is 1.65. The molecule has 3 nitrogen and oxygen atoms in total. The Bertz CT molecular complexity index is 596. The van der Waals surface area contributed by atoms with Crippen molar-refractivity contribution in [1.82, 2.24) is 0 Å². The van der Waals surface area contributed by atoms with Gasteiger partial charge in [-0.05, 0) is 42.7 Å². The van der Waals surface area contributed by atoms with Gasteiger partial charge in [0.05, 0.1) is 0 Å². The van der Waals surface area contributed by atoms with Crippen LogP contribution in [0, 0.1) is 0 Å². The summed E-state index contributed by atoms with van der Waals surface area (Å²) in [5.41, 5.74) is 7.58. The summed E-state index contributed by atoms with van der Waals surface area (Å²) in [4.78, 5) is 13.2. The van der Waals surface area contributed by atoms with Gasteiger partial charge in [-0.2, -0.15) is 0 Å². The molecule has 0 atom stereocenters. The van der Waals surface area contributed by atoms with Crippen LogP contribution in [0.3, 0.4) is 0 Å². The van der Waals surface area contributed by atoms with Crippen molar-refractivity contribution in [3.8, 4) is 0 Å². The summed E-state index contributed by atoms with van der Waals surface area (Å²) in [6.07, 6.45) is 2.00. The zero-order chi connectivity index (χ0) is 13.8. The molecule has 2 aromatic carbocycles. The molecule has 0 bridgehead atoms. The van der Waals surface area contributed by atoms with Crippen LogP contribution in [0.2, 0.25) is 0 Å². The average molecular weight is 337 g/mol. The minimum absolute atomic E-state index is 0.175. The van der Waals surface area contributed by atoms with Gasteiger partial charge in [0.1, 0.15) is 0 Å². The topological polar surface area (TPSA) is 55.1 Å². The van der Waals surface area contributed by atoms with E-state index in [-0.39, 0.29) is 5.91 Å². The average Bonchev–Trinajstić information content (AvgIpc) is 2.37. The lowest BCUT2D eigenvalue weighted by Crippen LogP contribution is -2.12. The number of nitrogen functional groups attached to an aromatic ring is 1. The zero-order valence-corrected chi connectivity index (χ0v) is 12.7. The Balaban J connectivity index is 2.20. The van der Waals surface area contributed by atoms with Gasteiger partial charge in [0.25, 0.3) is 5.91 Å². The SMILES string of the molecule is CSc1cccc(NC(=O)c2cc(N)cc(Br)c2)c1. The number of rotatable bonds is 3. The van der Waals surface area contributed by atoms with Crippen LogP contribution in [0.25, 0.3) is 0 Å². The summed E-state index contributed by atoms with van der Waals surface area (Å²) in [7, 11) is 0. The van der Waals surface area contributed by atoms with Crippen LogP contribution in [0.15, 0.2) is 51.8 Å². The number of benzene rings is 2. The van der Waals surface area contributed by atoms with Crippen molar-refractivity contribution in [2.45, 2.75) is 4.90 Å². The summed E-state index contributed by atoms with van der Waals surface area (Å²) in [6, 6.07) is 12.9. The van der Waals surface area contributed by atoms with E-state index in [1.165, 1.54) is 0 Å². The minimum atomic E-state index is -0.175. The minimum Gasteiger partial charge on any atom is -0.399 e. The molecule has 0 aromatic heterocycles. The molecule has 0 aliphatic carbocycles.